The van der Waals surface area contributed by atoms with Gasteiger partial charge < -0.3 is 5.32 Å². The van der Waals surface area contributed by atoms with Crippen LogP contribution >= 0.6 is 35.0 Å². The lowest BCUT2D eigenvalue weighted by Gasteiger charge is -2.27. The Labute approximate surface area is 191 Å². The summed E-state index contributed by atoms with van der Waals surface area (Å²) >= 11 is 13.5. The number of anilines is 1. The molecule has 1 N–H and O–H groups in total. The lowest BCUT2D eigenvalue weighted by Crippen LogP contribution is -2.25. The molecule has 1 fully saturated rings. The number of amides is 1. The van der Waals surface area contributed by atoms with E-state index >= 15 is 0 Å². The predicted octanol–water partition coefficient (Wildman–Crippen LogP) is 6.54. The Hall–Kier alpha value is -1.82. The molecule has 1 amide bonds. The van der Waals surface area contributed by atoms with E-state index in [0.29, 0.717) is 15.7 Å². The molecular weight excluding hydrogens is 437 g/mol. The van der Waals surface area contributed by atoms with Crippen molar-refractivity contribution < 1.29 is 4.79 Å². The van der Waals surface area contributed by atoms with Crippen molar-refractivity contribution in [2.75, 3.05) is 11.1 Å². The van der Waals surface area contributed by atoms with E-state index in [0.717, 1.165) is 42.0 Å². The molecule has 2 aromatic carbocycles. The molecule has 1 saturated carbocycles. The lowest BCUT2D eigenvalue weighted by atomic mass is 9.90. The summed E-state index contributed by atoms with van der Waals surface area (Å²) in [5, 5.41) is 4.67. The maximum atomic E-state index is 12.5. The van der Waals surface area contributed by atoms with Gasteiger partial charge in [-0.1, -0.05) is 71.2 Å². The minimum atomic E-state index is -0.349. The average Bonchev–Trinajstić information content (AvgIpc) is 3.04. The zero-order valence-electron chi connectivity index (χ0n) is 16.8. The van der Waals surface area contributed by atoms with E-state index in [1.54, 1.807) is 18.2 Å². The van der Waals surface area contributed by atoms with Crippen LogP contribution in [-0.4, -0.2) is 28.1 Å². The summed E-state index contributed by atoms with van der Waals surface area (Å²) < 4.78 is 0. The molecular formula is C23H23Cl2N3OS. The van der Waals surface area contributed by atoms with Gasteiger partial charge in [0, 0.05) is 21.3 Å². The van der Waals surface area contributed by atoms with Crippen molar-refractivity contribution in [1.82, 2.24) is 0 Å². The fourth-order valence-corrected chi connectivity index (χ4v) is 5.22. The van der Waals surface area contributed by atoms with Crippen LogP contribution in [0.4, 0.5) is 5.69 Å². The van der Waals surface area contributed by atoms with Crippen molar-refractivity contribution in [3.8, 4) is 0 Å². The van der Waals surface area contributed by atoms with Crippen LogP contribution in [0.25, 0.3) is 0 Å². The molecule has 0 unspecified atom stereocenters. The van der Waals surface area contributed by atoms with Gasteiger partial charge >= 0.3 is 0 Å². The van der Waals surface area contributed by atoms with E-state index in [9.17, 15) is 4.79 Å². The summed E-state index contributed by atoms with van der Waals surface area (Å²) in [4.78, 5) is 22.6. The maximum absolute atomic E-state index is 12.5. The molecule has 1 spiro atoms. The monoisotopic (exact) mass is 459 g/mol. The Morgan fingerprint density at radius 1 is 1.03 bits per heavy atom. The van der Waals surface area contributed by atoms with Crippen molar-refractivity contribution in [3.63, 3.8) is 0 Å². The summed E-state index contributed by atoms with van der Waals surface area (Å²) in [5.74, 6) is 0.109. The highest BCUT2D eigenvalue weighted by molar-refractivity contribution is 8.16. The molecule has 7 heteroatoms. The van der Waals surface area contributed by atoms with Gasteiger partial charge in [0.15, 0.2) is 5.66 Å². The van der Waals surface area contributed by atoms with Crippen LogP contribution in [-0.2, 0) is 4.79 Å². The molecule has 2 aromatic rings. The Morgan fingerprint density at radius 3 is 2.37 bits per heavy atom. The first kappa shape index (κ1) is 21.4. The number of aryl methyl sites for hydroxylation is 1. The van der Waals surface area contributed by atoms with Crippen LogP contribution in [0.1, 0.15) is 43.2 Å². The minimum absolute atomic E-state index is 0.131. The number of carbonyl (C=O) groups is 1. The highest BCUT2D eigenvalue weighted by Gasteiger charge is 2.37. The zero-order chi connectivity index (χ0) is 21.1. The number of thioether (sulfide) groups is 1. The van der Waals surface area contributed by atoms with E-state index < -0.39 is 0 Å². The number of rotatable bonds is 4. The van der Waals surface area contributed by atoms with Gasteiger partial charge in [-0.2, -0.15) is 0 Å². The molecule has 2 aliphatic rings. The third-order valence-corrected chi connectivity index (χ3v) is 6.70. The second-order valence-corrected chi connectivity index (χ2v) is 9.62. The van der Waals surface area contributed by atoms with E-state index in [2.05, 4.69) is 36.5 Å². The Morgan fingerprint density at radius 2 is 1.70 bits per heavy atom. The molecule has 4 rings (SSSR count). The van der Waals surface area contributed by atoms with E-state index in [1.807, 2.05) is 0 Å². The Kier molecular flexibility index (Phi) is 6.51. The quantitative estimate of drug-likeness (QED) is 0.564. The fraction of sp³-hybridized carbons (Fsp3) is 0.348. The number of aliphatic imine (C=N–C) groups is 2. The van der Waals surface area contributed by atoms with Gasteiger partial charge in [-0.25, -0.2) is 4.99 Å². The first-order valence-electron chi connectivity index (χ1n) is 10.1. The molecule has 0 saturated heterocycles. The molecule has 0 radical (unpaired) electrons. The summed E-state index contributed by atoms with van der Waals surface area (Å²) in [5.41, 5.74) is 3.40. The molecule has 156 valence electrons. The second kappa shape index (κ2) is 9.13. The largest absolute Gasteiger partial charge is 0.325 e. The lowest BCUT2D eigenvalue weighted by molar-refractivity contribution is -0.113. The third kappa shape index (κ3) is 5.08. The first-order valence-corrected chi connectivity index (χ1v) is 11.8. The van der Waals surface area contributed by atoms with Crippen LogP contribution in [0.2, 0.25) is 10.0 Å². The van der Waals surface area contributed by atoms with Gasteiger partial charge in [0.2, 0.25) is 5.91 Å². The summed E-state index contributed by atoms with van der Waals surface area (Å²) in [6.07, 6.45) is 5.46. The molecule has 0 bridgehead atoms. The maximum Gasteiger partial charge on any atom is 0.234 e. The summed E-state index contributed by atoms with van der Waals surface area (Å²) in [6, 6.07) is 13.3. The number of halogens is 2. The van der Waals surface area contributed by atoms with Gasteiger partial charge in [-0.3, -0.25) is 9.79 Å². The van der Waals surface area contributed by atoms with E-state index in [4.69, 9.17) is 33.2 Å². The standard InChI is InChI=1S/C23H23Cl2N3OS/c1-15-5-7-16(8-6-15)21-22(28-23(27-21)9-3-2-4-10-23)30-14-20(29)26-19-12-17(24)11-18(25)13-19/h5-8,11-13H,2-4,9-10,14H2,1H3,(H,26,29). The smallest absolute Gasteiger partial charge is 0.234 e. The van der Waals surface area contributed by atoms with Crippen molar-refractivity contribution in [2.45, 2.75) is 44.7 Å². The molecule has 30 heavy (non-hydrogen) atoms. The number of carbonyl (C=O) groups excluding carboxylic acids is 1. The number of nitrogens with zero attached hydrogens (tertiary/aromatic N) is 2. The Bertz CT molecular complexity index is 991. The van der Waals surface area contributed by atoms with Crippen LogP contribution in [0.5, 0.6) is 0 Å². The average molecular weight is 460 g/mol. The van der Waals surface area contributed by atoms with Gasteiger partial charge in [0.1, 0.15) is 5.04 Å². The Balaban J connectivity index is 1.50. The number of hydrogen-bond acceptors (Lipinski definition) is 4. The van der Waals surface area contributed by atoms with Crippen LogP contribution < -0.4 is 5.32 Å². The molecule has 0 aromatic heterocycles. The van der Waals surface area contributed by atoms with E-state index in [1.165, 1.54) is 23.7 Å². The normalized spacial score (nSPS) is 17.6. The van der Waals surface area contributed by atoms with Crippen molar-refractivity contribution >= 4 is 57.3 Å². The highest BCUT2D eigenvalue weighted by atomic mass is 35.5. The van der Waals surface area contributed by atoms with Crippen molar-refractivity contribution in [1.29, 1.82) is 0 Å². The first-order chi connectivity index (χ1) is 14.4. The van der Waals surface area contributed by atoms with Crippen molar-refractivity contribution in [3.05, 3.63) is 63.6 Å². The highest BCUT2D eigenvalue weighted by Crippen LogP contribution is 2.38. The third-order valence-electron chi connectivity index (χ3n) is 5.30. The van der Waals surface area contributed by atoms with Crippen molar-refractivity contribution in [2.24, 2.45) is 9.98 Å². The molecule has 1 aliphatic carbocycles. The van der Waals surface area contributed by atoms with Gasteiger partial charge in [0.25, 0.3) is 0 Å². The predicted molar refractivity (Wildman–Crippen MR) is 129 cm³/mol. The number of hydrogen-bond donors (Lipinski definition) is 1. The SMILES string of the molecule is Cc1ccc(C2=NC3(CCCCC3)N=C2SCC(=O)Nc2cc(Cl)cc(Cl)c2)cc1. The summed E-state index contributed by atoms with van der Waals surface area (Å²) in [7, 11) is 0. The van der Waals surface area contributed by atoms with Gasteiger partial charge in [-0.05, 0) is 50.8 Å². The molecule has 1 heterocycles. The molecule has 1 aliphatic heterocycles. The minimum Gasteiger partial charge on any atom is -0.325 e. The second-order valence-electron chi connectivity index (χ2n) is 7.78. The molecule has 4 nitrogen and oxygen atoms in total. The van der Waals surface area contributed by atoms with Crippen LogP contribution in [0.3, 0.4) is 0 Å². The zero-order valence-corrected chi connectivity index (χ0v) is 19.1. The van der Waals surface area contributed by atoms with Crippen LogP contribution in [0, 0.1) is 6.92 Å². The molecule has 0 atom stereocenters. The topological polar surface area (TPSA) is 53.8 Å². The number of nitrogens with one attached hydrogen (secondary N) is 1. The van der Waals surface area contributed by atoms with Gasteiger partial charge in [0.05, 0.1) is 11.5 Å². The van der Waals surface area contributed by atoms with Gasteiger partial charge in [-0.15, -0.1) is 0 Å². The van der Waals surface area contributed by atoms with E-state index in [-0.39, 0.29) is 17.3 Å². The summed E-state index contributed by atoms with van der Waals surface area (Å²) in [6.45, 7) is 2.07. The fourth-order valence-electron chi connectivity index (χ4n) is 3.82. The van der Waals surface area contributed by atoms with Crippen LogP contribution in [0.15, 0.2) is 52.4 Å². The number of benzene rings is 2.